The number of carboxylic acid groups (broad SMARTS) is 1. The maximum atomic E-state index is 12.5. The van der Waals surface area contributed by atoms with E-state index < -0.39 is 5.97 Å². The molecule has 0 spiro atoms. The van der Waals surface area contributed by atoms with Crippen molar-refractivity contribution in [2.45, 2.75) is 57.8 Å². The number of hydrogen-bond donors (Lipinski definition) is 1. The third-order valence-electron chi connectivity index (χ3n) is 4.93. The summed E-state index contributed by atoms with van der Waals surface area (Å²) in [7, 11) is 0. The third kappa shape index (κ3) is 5.52. The first-order valence-electron chi connectivity index (χ1n) is 8.86. The van der Waals surface area contributed by atoms with Gasteiger partial charge in [-0.3, -0.25) is 14.4 Å². The van der Waals surface area contributed by atoms with Crippen LogP contribution in [-0.4, -0.2) is 58.9 Å². The van der Waals surface area contributed by atoms with Crippen LogP contribution in [0.1, 0.15) is 57.8 Å². The Morgan fingerprint density at radius 3 is 2.00 bits per heavy atom. The first kappa shape index (κ1) is 17.8. The van der Waals surface area contributed by atoms with Gasteiger partial charge in [-0.05, 0) is 25.7 Å². The monoisotopic (exact) mass is 324 g/mol. The van der Waals surface area contributed by atoms with Crippen LogP contribution in [0.5, 0.6) is 0 Å². The van der Waals surface area contributed by atoms with Gasteiger partial charge in [-0.1, -0.05) is 19.3 Å². The summed E-state index contributed by atoms with van der Waals surface area (Å²) in [6.45, 7) is 2.48. The van der Waals surface area contributed by atoms with E-state index in [-0.39, 0.29) is 24.2 Å². The Kier molecular flexibility index (Phi) is 6.86. The maximum Gasteiger partial charge on any atom is 0.303 e. The van der Waals surface area contributed by atoms with Gasteiger partial charge in [0.05, 0.1) is 0 Å². The van der Waals surface area contributed by atoms with Crippen LogP contribution >= 0.6 is 0 Å². The number of hydrogen-bond acceptors (Lipinski definition) is 3. The van der Waals surface area contributed by atoms with Crippen molar-refractivity contribution in [2.75, 3.05) is 26.2 Å². The Morgan fingerprint density at radius 2 is 1.39 bits per heavy atom. The smallest absolute Gasteiger partial charge is 0.303 e. The van der Waals surface area contributed by atoms with E-state index in [1.165, 1.54) is 6.42 Å². The molecule has 6 nitrogen and oxygen atoms in total. The lowest BCUT2D eigenvalue weighted by molar-refractivity contribution is -0.142. The van der Waals surface area contributed by atoms with E-state index in [0.717, 1.165) is 25.7 Å². The van der Waals surface area contributed by atoms with Gasteiger partial charge in [0.15, 0.2) is 0 Å². The number of carboxylic acids is 1. The Hall–Kier alpha value is -1.59. The topological polar surface area (TPSA) is 77.9 Å². The molecule has 2 aliphatic rings. The molecular formula is C17H28N2O4. The van der Waals surface area contributed by atoms with Gasteiger partial charge < -0.3 is 14.9 Å². The van der Waals surface area contributed by atoms with Crippen LogP contribution in [0.4, 0.5) is 0 Å². The minimum absolute atomic E-state index is 0.0835. The fourth-order valence-electron chi connectivity index (χ4n) is 3.49. The molecular weight excluding hydrogens is 296 g/mol. The fourth-order valence-corrected chi connectivity index (χ4v) is 3.49. The summed E-state index contributed by atoms with van der Waals surface area (Å²) in [5.41, 5.74) is 0. The van der Waals surface area contributed by atoms with Gasteiger partial charge in [0, 0.05) is 44.9 Å². The van der Waals surface area contributed by atoms with Gasteiger partial charge in [-0.2, -0.15) is 0 Å². The summed E-state index contributed by atoms with van der Waals surface area (Å²) >= 11 is 0. The van der Waals surface area contributed by atoms with Crippen molar-refractivity contribution in [3.05, 3.63) is 0 Å². The second-order valence-electron chi connectivity index (χ2n) is 6.64. The first-order chi connectivity index (χ1) is 11.1. The Morgan fingerprint density at radius 1 is 0.826 bits per heavy atom. The van der Waals surface area contributed by atoms with Gasteiger partial charge in [0.25, 0.3) is 0 Å². The number of unbranched alkanes of at least 4 members (excludes halogenated alkanes) is 1. The van der Waals surface area contributed by atoms with Gasteiger partial charge in [-0.25, -0.2) is 0 Å². The molecule has 1 N–H and O–H groups in total. The number of carbonyl (C=O) groups is 3. The SMILES string of the molecule is O=C(O)CCCCC(=O)N1CCN(C(=O)C2CCCCC2)CC1. The predicted molar refractivity (Wildman–Crippen MR) is 85.8 cm³/mol. The molecule has 0 aromatic carbocycles. The van der Waals surface area contributed by atoms with E-state index in [2.05, 4.69) is 0 Å². The lowest BCUT2D eigenvalue weighted by Gasteiger charge is -2.37. The Labute approximate surface area is 137 Å². The van der Waals surface area contributed by atoms with Crippen molar-refractivity contribution in [2.24, 2.45) is 5.92 Å². The second-order valence-corrected chi connectivity index (χ2v) is 6.64. The minimum Gasteiger partial charge on any atom is -0.481 e. The minimum atomic E-state index is -0.813. The van der Waals surface area contributed by atoms with Crippen LogP contribution in [0.15, 0.2) is 0 Å². The average Bonchev–Trinajstić information content (AvgIpc) is 2.58. The quantitative estimate of drug-likeness (QED) is 0.757. The summed E-state index contributed by atoms with van der Waals surface area (Å²) in [4.78, 5) is 38.7. The molecule has 2 amide bonds. The molecule has 1 saturated heterocycles. The molecule has 0 unspecified atom stereocenters. The summed E-state index contributed by atoms with van der Waals surface area (Å²) in [6.07, 6.45) is 7.28. The lowest BCUT2D eigenvalue weighted by atomic mass is 9.88. The normalized spacial score (nSPS) is 19.7. The molecule has 1 aliphatic heterocycles. The van der Waals surface area contributed by atoms with E-state index in [0.29, 0.717) is 45.4 Å². The summed E-state index contributed by atoms with van der Waals surface area (Å²) in [6, 6.07) is 0. The van der Waals surface area contributed by atoms with Crippen molar-refractivity contribution in [1.29, 1.82) is 0 Å². The summed E-state index contributed by atoms with van der Waals surface area (Å²) in [5.74, 6) is -0.257. The number of aliphatic carboxylic acids is 1. The highest BCUT2D eigenvalue weighted by Crippen LogP contribution is 2.25. The molecule has 130 valence electrons. The summed E-state index contributed by atoms with van der Waals surface area (Å²) in [5, 5.41) is 8.58. The highest BCUT2D eigenvalue weighted by atomic mass is 16.4. The van der Waals surface area contributed by atoms with Gasteiger partial charge >= 0.3 is 5.97 Å². The van der Waals surface area contributed by atoms with Crippen molar-refractivity contribution in [3.8, 4) is 0 Å². The molecule has 23 heavy (non-hydrogen) atoms. The zero-order valence-electron chi connectivity index (χ0n) is 13.8. The molecule has 6 heteroatoms. The maximum absolute atomic E-state index is 12.5. The molecule has 0 atom stereocenters. The molecule has 2 fully saturated rings. The van der Waals surface area contributed by atoms with Crippen LogP contribution in [-0.2, 0) is 14.4 Å². The van der Waals surface area contributed by atoms with E-state index in [9.17, 15) is 14.4 Å². The molecule has 0 bridgehead atoms. The number of piperazine rings is 1. The van der Waals surface area contributed by atoms with E-state index in [1.807, 2.05) is 9.80 Å². The number of rotatable bonds is 6. The van der Waals surface area contributed by atoms with Gasteiger partial charge in [-0.15, -0.1) is 0 Å². The molecule has 0 aromatic heterocycles. The molecule has 1 aliphatic carbocycles. The largest absolute Gasteiger partial charge is 0.481 e. The van der Waals surface area contributed by atoms with Crippen molar-refractivity contribution < 1.29 is 19.5 Å². The zero-order valence-corrected chi connectivity index (χ0v) is 13.8. The van der Waals surface area contributed by atoms with E-state index >= 15 is 0 Å². The molecule has 1 saturated carbocycles. The third-order valence-corrected chi connectivity index (χ3v) is 4.93. The van der Waals surface area contributed by atoms with Crippen molar-refractivity contribution in [1.82, 2.24) is 9.80 Å². The second kappa shape index (κ2) is 8.89. The van der Waals surface area contributed by atoms with Gasteiger partial charge in [0.1, 0.15) is 0 Å². The Balaban J connectivity index is 1.67. The Bertz CT molecular complexity index is 424. The highest BCUT2D eigenvalue weighted by molar-refractivity contribution is 5.80. The number of amides is 2. The molecule has 0 aromatic rings. The summed E-state index contributed by atoms with van der Waals surface area (Å²) < 4.78 is 0. The van der Waals surface area contributed by atoms with Crippen molar-refractivity contribution in [3.63, 3.8) is 0 Å². The first-order valence-corrected chi connectivity index (χ1v) is 8.86. The van der Waals surface area contributed by atoms with Crippen LogP contribution in [0, 0.1) is 5.92 Å². The average molecular weight is 324 g/mol. The predicted octanol–water partition coefficient (Wildman–Crippen LogP) is 1.88. The van der Waals surface area contributed by atoms with Gasteiger partial charge in [0.2, 0.25) is 11.8 Å². The zero-order chi connectivity index (χ0) is 16.7. The molecule has 0 radical (unpaired) electrons. The standard InChI is InChI=1S/C17H28N2O4/c20-15(8-4-5-9-16(21)22)18-10-12-19(13-11-18)17(23)14-6-2-1-3-7-14/h14H,1-13H2,(H,21,22). The van der Waals surface area contributed by atoms with Crippen LogP contribution in [0.3, 0.4) is 0 Å². The van der Waals surface area contributed by atoms with Crippen LogP contribution in [0.2, 0.25) is 0 Å². The number of carbonyl (C=O) groups excluding carboxylic acids is 2. The van der Waals surface area contributed by atoms with E-state index in [4.69, 9.17) is 5.11 Å². The molecule has 2 rings (SSSR count). The number of nitrogens with zero attached hydrogens (tertiary/aromatic N) is 2. The lowest BCUT2D eigenvalue weighted by Crippen LogP contribution is -2.52. The molecule has 1 heterocycles. The van der Waals surface area contributed by atoms with Crippen molar-refractivity contribution >= 4 is 17.8 Å². The fraction of sp³-hybridized carbons (Fsp3) is 0.824. The van der Waals surface area contributed by atoms with Crippen LogP contribution in [0.25, 0.3) is 0 Å². The van der Waals surface area contributed by atoms with Crippen LogP contribution < -0.4 is 0 Å². The van der Waals surface area contributed by atoms with E-state index in [1.54, 1.807) is 0 Å². The highest BCUT2D eigenvalue weighted by Gasteiger charge is 2.29.